The van der Waals surface area contributed by atoms with Gasteiger partial charge >= 0.3 is 0 Å². The zero-order valence-electron chi connectivity index (χ0n) is 13.4. The molecule has 3 fully saturated rings. The smallest absolute Gasteiger partial charge is 0.231 e. The van der Waals surface area contributed by atoms with E-state index in [0.29, 0.717) is 5.92 Å². The number of aromatic amines is 1. The highest BCUT2D eigenvalue weighted by atomic mass is 16.1. The summed E-state index contributed by atoms with van der Waals surface area (Å²) in [7, 11) is 0. The van der Waals surface area contributed by atoms with Crippen molar-refractivity contribution < 1.29 is 4.79 Å². The van der Waals surface area contributed by atoms with Crippen molar-refractivity contribution in [1.29, 1.82) is 0 Å². The van der Waals surface area contributed by atoms with Gasteiger partial charge in [-0.05, 0) is 69.0 Å². The maximum atomic E-state index is 12.7. The van der Waals surface area contributed by atoms with Crippen molar-refractivity contribution in [1.82, 2.24) is 20.4 Å². The number of aryl methyl sites for hydroxylation is 1. The van der Waals surface area contributed by atoms with Crippen LogP contribution in [-0.2, 0) is 11.2 Å². The van der Waals surface area contributed by atoms with Gasteiger partial charge in [0.25, 0.3) is 0 Å². The molecular formula is C18H24N4O. The van der Waals surface area contributed by atoms with Crippen LogP contribution in [0.5, 0.6) is 0 Å². The summed E-state index contributed by atoms with van der Waals surface area (Å²) in [5.41, 5.74) is 3.31. The minimum Gasteiger partial charge on any atom is -0.332 e. The number of carbonyl (C=O) groups excluding carboxylic acids is 1. The lowest BCUT2D eigenvalue weighted by atomic mass is 9.68. The first-order valence-electron chi connectivity index (χ1n) is 9.06. The number of amides is 1. The molecule has 5 aliphatic rings. The molecule has 5 heterocycles. The van der Waals surface area contributed by atoms with E-state index in [1.54, 1.807) is 6.20 Å². The van der Waals surface area contributed by atoms with Gasteiger partial charge in [-0.15, -0.1) is 0 Å². The second kappa shape index (κ2) is 5.20. The fourth-order valence-electron chi connectivity index (χ4n) is 5.43. The quantitative estimate of drug-likeness (QED) is 0.876. The Bertz CT molecular complexity index is 656. The Balaban J connectivity index is 1.43. The number of nitrogens with zero attached hydrogens (tertiary/aromatic N) is 2. The Kier molecular flexibility index (Phi) is 3.11. The van der Waals surface area contributed by atoms with Gasteiger partial charge < -0.3 is 10.2 Å². The average molecular weight is 312 g/mol. The summed E-state index contributed by atoms with van der Waals surface area (Å²) in [5, 5.41) is 10.5. The van der Waals surface area contributed by atoms with E-state index in [9.17, 15) is 4.79 Å². The standard InChI is InChI=1S/C18H24N4O/c23-18-16-12(9-13-10-22-7-4-11(13)5-8-22)1-2-14-17(16)15(21-20-14)3-6-19-18/h3,6,11-13,16H,1-2,4-5,7-10H2,(H,19,23)(H,20,21). The number of rotatable bonds is 2. The zero-order valence-corrected chi connectivity index (χ0v) is 13.4. The summed E-state index contributed by atoms with van der Waals surface area (Å²) in [5.74, 6) is 2.27. The largest absolute Gasteiger partial charge is 0.332 e. The number of aromatic nitrogens is 2. The van der Waals surface area contributed by atoms with E-state index in [-0.39, 0.29) is 11.8 Å². The minimum absolute atomic E-state index is 0.0158. The first-order chi connectivity index (χ1) is 11.3. The first-order valence-corrected chi connectivity index (χ1v) is 9.06. The number of H-pyrrole nitrogens is 1. The molecule has 1 aliphatic carbocycles. The van der Waals surface area contributed by atoms with Gasteiger partial charge in [0.2, 0.25) is 5.91 Å². The van der Waals surface area contributed by atoms with Crippen LogP contribution < -0.4 is 5.32 Å². The van der Waals surface area contributed by atoms with Crippen LogP contribution >= 0.6 is 0 Å². The first kappa shape index (κ1) is 13.8. The Morgan fingerprint density at radius 3 is 2.87 bits per heavy atom. The maximum Gasteiger partial charge on any atom is 0.231 e. The highest BCUT2D eigenvalue weighted by molar-refractivity contribution is 5.88. The van der Waals surface area contributed by atoms with E-state index in [4.69, 9.17) is 0 Å². The van der Waals surface area contributed by atoms with Gasteiger partial charge in [0.05, 0.1) is 11.6 Å². The summed E-state index contributed by atoms with van der Waals surface area (Å²) in [6.07, 6.45) is 9.74. The number of hydrogen-bond donors (Lipinski definition) is 2. The molecule has 0 aromatic carbocycles. The molecule has 1 aromatic rings. The summed E-state index contributed by atoms with van der Waals surface area (Å²) >= 11 is 0. The molecule has 0 radical (unpaired) electrons. The van der Waals surface area contributed by atoms with Gasteiger partial charge in [0.15, 0.2) is 0 Å². The summed E-state index contributed by atoms with van der Waals surface area (Å²) < 4.78 is 0. The SMILES string of the molecule is O=C1NC=Cc2n[nH]c3c2C1C(CC1CN2CCC1CC2)CC3. The van der Waals surface area contributed by atoms with Gasteiger partial charge in [0, 0.05) is 24.0 Å². The van der Waals surface area contributed by atoms with E-state index in [1.807, 2.05) is 6.08 Å². The van der Waals surface area contributed by atoms with Crippen molar-refractivity contribution in [3.8, 4) is 0 Å². The van der Waals surface area contributed by atoms with E-state index >= 15 is 0 Å². The molecule has 3 atom stereocenters. The molecular weight excluding hydrogens is 288 g/mol. The fourth-order valence-corrected chi connectivity index (χ4v) is 5.43. The third kappa shape index (κ3) is 2.17. The Morgan fingerprint density at radius 2 is 2.09 bits per heavy atom. The second-order valence-corrected chi connectivity index (χ2v) is 7.75. The average Bonchev–Trinajstić information content (AvgIpc) is 2.90. The Morgan fingerprint density at radius 1 is 1.22 bits per heavy atom. The van der Waals surface area contributed by atoms with Crippen LogP contribution in [0.4, 0.5) is 0 Å². The van der Waals surface area contributed by atoms with Crippen molar-refractivity contribution in [3.05, 3.63) is 23.2 Å². The number of piperidine rings is 3. The molecule has 122 valence electrons. The topological polar surface area (TPSA) is 61.0 Å². The van der Waals surface area contributed by atoms with Crippen LogP contribution in [-0.4, -0.2) is 40.6 Å². The van der Waals surface area contributed by atoms with Crippen LogP contribution in [0, 0.1) is 17.8 Å². The van der Waals surface area contributed by atoms with Gasteiger partial charge in [-0.25, -0.2) is 0 Å². The van der Waals surface area contributed by atoms with Gasteiger partial charge in [-0.2, -0.15) is 5.10 Å². The van der Waals surface area contributed by atoms with E-state index in [2.05, 4.69) is 20.4 Å². The summed E-state index contributed by atoms with van der Waals surface area (Å²) in [6.45, 7) is 3.82. The molecule has 3 unspecified atom stereocenters. The fraction of sp³-hybridized carbons (Fsp3) is 0.667. The van der Waals surface area contributed by atoms with Crippen LogP contribution in [0.1, 0.15) is 48.6 Å². The number of hydrogen-bond acceptors (Lipinski definition) is 3. The number of fused-ring (bicyclic) bond motifs is 3. The maximum absolute atomic E-state index is 12.7. The highest BCUT2D eigenvalue weighted by Gasteiger charge is 2.42. The predicted molar refractivity (Wildman–Crippen MR) is 87.6 cm³/mol. The monoisotopic (exact) mass is 312 g/mol. The zero-order chi connectivity index (χ0) is 15.4. The second-order valence-electron chi connectivity index (χ2n) is 7.75. The van der Waals surface area contributed by atoms with Crippen LogP contribution in [0.15, 0.2) is 6.20 Å². The lowest BCUT2D eigenvalue weighted by molar-refractivity contribution is -0.123. The molecule has 3 saturated heterocycles. The van der Waals surface area contributed by atoms with Crippen LogP contribution in [0.25, 0.3) is 6.08 Å². The third-order valence-corrected chi connectivity index (χ3v) is 6.61. The summed E-state index contributed by atoms with van der Waals surface area (Å²) in [6, 6.07) is 0. The lowest BCUT2D eigenvalue weighted by Crippen LogP contribution is -2.48. The molecule has 2 bridgehead atoms. The Hall–Kier alpha value is -1.62. The van der Waals surface area contributed by atoms with Crippen LogP contribution in [0.2, 0.25) is 0 Å². The molecule has 0 saturated carbocycles. The van der Waals surface area contributed by atoms with E-state index < -0.39 is 0 Å². The number of nitrogens with one attached hydrogen (secondary N) is 2. The third-order valence-electron chi connectivity index (χ3n) is 6.61. The highest BCUT2D eigenvalue weighted by Crippen LogP contribution is 2.45. The molecule has 5 heteroatoms. The van der Waals surface area contributed by atoms with Gasteiger partial charge in [-0.1, -0.05) is 0 Å². The van der Waals surface area contributed by atoms with E-state index in [0.717, 1.165) is 30.4 Å². The number of carbonyl (C=O) groups is 1. The van der Waals surface area contributed by atoms with Crippen molar-refractivity contribution >= 4 is 12.0 Å². The molecule has 0 spiro atoms. The van der Waals surface area contributed by atoms with Crippen molar-refractivity contribution in [2.24, 2.45) is 17.8 Å². The van der Waals surface area contributed by atoms with Gasteiger partial charge in [-0.3, -0.25) is 9.89 Å². The molecule has 1 aromatic heterocycles. The summed E-state index contributed by atoms with van der Waals surface area (Å²) in [4.78, 5) is 15.3. The molecule has 5 nitrogen and oxygen atoms in total. The Labute approximate surface area is 136 Å². The lowest BCUT2D eigenvalue weighted by Gasteiger charge is -2.46. The predicted octanol–water partition coefficient (Wildman–Crippen LogP) is 1.89. The van der Waals surface area contributed by atoms with Crippen LogP contribution in [0.3, 0.4) is 0 Å². The van der Waals surface area contributed by atoms with Gasteiger partial charge in [0.1, 0.15) is 0 Å². The van der Waals surface area contributed by atoms with E-state index in [1.165, 1.54) is 50.2 Å². The molecule has 2 N–H and O–H groups in total. The molecule has 6 rings (SSSR count). The normalized spacial score (nSPS) is 38.1. The van der Waals surface area contributed by atoms with Crippen molar-refractivity contribution in [2.75, 3.05) is 19.6 Å². The molecule has 1 amide bonds. The van der Waals surface area contributed by atoms with Crippen molar-refractivity contribution in [3.63, 3.8) is 0 Å². The molecule has 23 heavy (non-hydrogen) atoms. The molecule has 4 aliphatic heterocycles. The van der Waals surface area contributed by atoms with Crippen molar-refractivity contribution in [2.45, 2.75) is 38.0 Å². The minimum atomic E-state index is -0.0158.